The quantitative estimate of drug-likeness (QED) is 0.850. The summed E-state index contributed by atoms with van der Waals surface area (Å²) in [7, 11) is 0. The van der Waals surface area contributed by atoms with E-state index in [1.807, 2.05) is 4.90 Å². The van der Waals surface area contributed by atoms with Gasteiger partial charge in [0.05, 0.1) is 0 Å². The lowest BCUT2D eigenvalue weighted by atomic mass is 10.1. The fourth-order valence-electron chi connectivity index (χ4n) is 2.62. The smallest absolute Gasteiger partial charge is 0.254 e. The molecule has 1 aliphatic heterocycles. The van der Waals surface area contributed by atoms with Crippen LogP contribution in [0, 0.1) is 5.92 Å². The van der Waals surface area contributed by atoms with Crippen LogP contribution in [-0.4, -0.2) is 41.5 Å². The van der Waals surface area contributed by atoms with Gasteiger partial charge < -0.3 is 15.2 Å². The van der Waals surface area contributed by atoms with Gasteiger partial charge in [0.2, 0.25) is 5.56 Å². The molecule has 1 fully saturated rings. The third kappa shape index (κ3) is 3.93. The van der Waals surface area contributed by atoms with Crippen LogP contribution in [0.5, 0.6) is 0 Å². The van der Waals surface area contributed by atoms with Crippen LogP contribution in [0.15, 0.2) is 23.1 Å². The number of nitrogens with one attached hydrogen (secondary N) is 2. The van der Waals surface area contributed by atoms with Gasteiger partial charge in [-0.2, -0.15) is 0 Å². The fraction of sp³-hybridized carbons (Fsp3) is 0.600. The molecule has 1 aromatic rings. The third-order valence-electron chi connectivity index (χ3n) is 3.50. The summed E-state index contributed by atoms with van der Waals surface area (Å²) >= 11 is 0. The molecule has 1 saturated heterocycles. The molecule has 5 heteroatoms. The van der Waals surface area contributed by atoms with Gasteiger partial charge in [0.15, 0.2) is 0 Å². The summed E-state index contributed by atoms with van der Waals surface area (Å²) in [4.78, 5) is 28.3. The number of carbonyl (C=O) groups is 1. The number of pyridine rings is 1. The van der Waals surface area contributed by atoms with Crippen LogP contribution in [0.1, 0.15) is 37.0 Å². The molecule has 1 atom stereocenters. The molecule has 0 spiro atoms. The Morgan fingerprint density at radius 1 is 1.50 bits per heavy atom. The predicted molar refractivity (Wildman–Crippen MR) is 78.8 cm³/mol. The maximum absolute atomic E-state index is 12.6. The van der Waals surface area contributed by atoms with Crippen molar-refractivity contribution in [2.45, 2.75) is 32.7 Å². The highest BCUT2D eigenvalue weighted by Gasteiger charge is 2.23. The molecule has 1 unspecified atom stereocenters. The monoisotopic (exact) mass is 277 g/mol. The van der Waals surface area contributed by atoms with E-state index < -0.39 is 0 Å². The molecule has 1 aromatic heterocycles. The molecular formula is C15H23N3O2. The van der Waals surface area contributed by atoms with E-state index in [4.69, 9.17) is 0 Å². The first-order valence-electron chi connectivity index (χ1n) is 7.27. The second-order valence-electron chi connectivity index (χ2n) is 5.84. The van der Waals surface area contributed by atoms with Gasteiger partial charge in [-0.05, 0) is 31.4 Å². The van der Waals surface area contributed by atoms with E-state index in [1.54, 1.807) is 6.07 Å². The molecule has 0 bridgehead atoms. The average Bonchev–Trinajstić information content (AvgIpc) is 2.89. The van der Waals surface area contributed by atoms with Crippen LogP contribution >= 0.6 is 0 Å². The van der Waals surface area contributed by atoms with E-state index in [2.05, 4.69) is 24.1 Å². The summed E-state index contributed by atoms with van der Waals surface area (Å²) in [6, 6.07) is 3.41. The number of hydrogen-bond donors (Lipinski definition) is 2. The maximum atomic E-state index is 12.6. The van der Waals surface area contributed by atoms with E-state index >= 15 is 0 Å². The van der Waals surface area contributed by atoms with Crippen molar-refractivity contribution in [1.82, 2.24) is 15.2 Å². The fourth-order valence-corrected chi connectivity index (χ4v) is 2.62. The average molecular weight is 277 g/mol. The second-order valence-corrected chi connectivity index (χ2v) is 5.84. The Balaban J connectivity index is 2.12. The number of rotatable bonds is 5. The van der Waals surface area contributed by atoms with Crippen molar-refractivity contribution in [2.75, 3.05) is 19.6 Å². The minimum atomic E-state index is -0.237. The van der Waals surface area contributed by atoms with Crippen LogP contribution in [0.25, 0.3) is 0 Å². The number of nitrogens with zero attached hydrogens (tertiary/aromatic N) is 1. The minimum absolute atomic E-state index is 0.0569. The van der Waals surface area contributed by atoms with Crippen LogP contribution < -0.4 is 10.9 Å². The van der Waals surface area contributed by atoms with E-state index in [1.165, 1.54) is 18.7 Å². The SMILES string of the molecule is CC(C)CN(CC1CCCN1)C(=O)c1cc[nH]c(=O)c1. The molecule has 110 valence electrons. The maximum Gasteiger partial charge on any atom is 0.254 e. The zero-order chi connectivity index (χ0) is 14.5. The zero-order valence-corrected chi connectivity index (χ0v) is 12.2. The van der Waals surface area contributed by atoms with Gasteiger partial charge in [-0.25, -0.2) is 0 Å². The van der Waals surface area contributed by atoms with Gasteiger partial charge in [0.25, 0.3) is 5.91 Å². The van der Waals surface area contributed by atoms with Gasteiger partial charge in [-0.1, -0.05) is 13.8 Å². The van der Waals surface area contributed by atoms with E-state index in [0.29, 0.717) is 30.6 Å². The first-order chi connectivity index (χ1) is 9.56. The van der Waals surface area contributed by atoms with Crippen molar-refractivity contribution in [3.63, 3.8) is 0 Å². The Morgan fingerprint density at radius 2 is 2.30 bits per heavy atom. The number of amides is 1. The first kappa shape index (κ1) is 14.8. The molecule has 2 rings (SSSR count). The highest BCUT2D eigenvalue weighted by molar-refractivity contribution is 5.94. The Kier molecular flexibility index (Phi) is 4.95. The van der Waals surface area contributed by atoms with Crippen molar-refractivity contribution in [3.8, 4) is 0 Å². The lowest BCUT2D eigenvalue weighted by Gasteiger charge is -2.27. The molecule has 1 amide bonds. The van der Waals surface area contributed by atoms with Crippen LogP contribution in [0.4, 0.5) is 0 Å². The van der Waals surface area contributed by atoms with Gasteiger partial charge in [-0.15, -0.1) is 0 Å². The van der Waals surface area contributed by atoms with E-state index in [9.17, 15) is 9.59 Å². The van der Waals surface area contributed by atoms with E-state index in [-0.39, 0.29) is 11.5 Å². The Labute approximate surface area is 119 Å². The zero-order valence-electron chi connectivity index (χ0n) is 12.2. The topological polar surface area (TPSA) is 65.2 Å². The molecule has 2 heterocycles. The summed E-state index contributed by atoms with van der Waals surface area (Å²) in [5.41, 5.74) is 0.228. The molecule has 0 saturated carbocycles. The summed E-state index contributed by atoms with van der Waals surface area (Å²) < 4.78 is 0. The minimum Gasteiger partial charge on any atom is -0.337 e. The molecule has 1 aliphatic rings. The van der Waals surface area contributed by atoms with Crippen LogP contribution in [0.3, 0.4) is 0 Å². The standard InChI is InChI=1S/C15H23N3O2/c1-11(2)9-18(10-13-4-3-6-16-13)15(20)12-5-7-17-14(19)8-12/h5,7-8,11,13,16H,3-4,6,9-10H2,1-2H3,(H,17,19). The highest BCUT2D eigenvalue weighted by atomic mass is 16.2. The number of carbonyl (C=O) groups excluding carboxylic acids is 1. The summed E-state index contributed by atoms with van der Waals surface area (Å²) in [5, 5.41) is 3.42. The lowest BCUT2D eigenvalue weighted by Crippen LogP contribution is -2.43. The summed E-state index contributed by atoms with van der Waals surface area (Å²) in [6.07, 6.45) is 3.80. The molecular weight excluding hydrogens is 254 g/mol. The van der Waals surface area contributed by atoms with Crippen LogP contribution in [0.2, 0.25) is 0 Å². The van der Waals surface area contributed by atoms with Gasteiger partial charge in [0, 0.05) is 37.0 Å². The molecule has 20 heavy (non-hydrogen) atoms. The van der Waals surface area contributed by atoms with Gasteiger partial charge in [-0.3, -0.25) is 9.59 Å². The van der Waals surface area contributed by atoms with Crippen molar-refractivity contribution < 1.29 is 4.79 Å². The Hall–Kier alpha value is -1.62. The van der Waals surface area contributed by atoms with Gasteiger partial charge in [0.1, 0.15) is 0 Å². The van der Waals surface area contributed by atoms with Crippen molar-refractivity contribution >= 4 is 5.91 Å². The molecule has 0 radical (unpaired) electrons. The van der Waals surface area contributed by atoms with Crippen molar-refractivity contribution in [3.05, 3.63) is 34.2 Å². The highest BCUT2D eigenvalue weighted by Crippen LogP contribution is 2.11. The van der Waals surface area contributed by atoms with Crippen molar-refractivity contribution in [2.24, 2.45) is 5.92 Å². The predicted octanol–water partition coefficient (Wildman–Crippen LogP) is 1.23. The molecule has 0 aromatic carbocycles. The molecule has 2 N–H and O–H groups in total. The van der Waals surface area contributed by atoms with Crippen molar-refractivity contribution in [1.29, 1.82) is 0 Å². The first-order valence-corrected chi connectivity index (χ1v) is 7.27. The van der Waals surface area contributed by atoms with E-state index in [0.717, 1.165) is 13.0 Å². The summed E-state index contributed by atoms with van der Waals surface area (Å²) in [6.45, 7) is 6.65. The number of aromatic nitrogens is 1. The van der Waals surface area contributed by atoms with Gasteiger partial charge >= 0.3 is 0 Å². The Bertz CT molecular complexity index is 504. The normalized spacial score (nSPS) is 18.4. The second kappa shape index (κ2) is 6.70. The number of aromatic amines is 1. The van der Waals surface area contributed by atoms with Crippen LogP contribution in [-0.2, 0) is 0 Å². The number of H-pyrrole nitrogens is 1. The number of hydrogen-bond acceptors (Lipinski definition) is 3. The lowest BCUT2D eigenvalue weighted by molar-refractivity contribution is 0.0721. The molecule has 5 nitrogen and oxygen atoms in total. The largest absolute Gasteiger partial charge is 0.337 e. The molecule has 0 aliphatic carbocycles. The Morgan fingerprint density at radius 3 is 2.90 bits per heavy atom. The third-order valence-corrected chi connectivity index (χ3v) is 3.50. The summed E-state index contributed by atoms with van der Waals surface area (Å²) in [5.74, 6) is 0.348.